The minimum Gasteiger partial charge on any atom is -0.479 e. The van der Waals surface area contributed by atoms with Gasteiger partial charge >= 0.3 is 17.9 Å². The first-order valence-electron chi connectivity index (χ1n) is 25.0. The van der Waals surface area contributed by atoms with Gasteiger partial charge < -0.3 is 98.3 Å². The molecule has 74 heavy (non-hydrogen) atoms. The lowest BCUT2D eigenvalue weighted by Crippen LogP contribution is -2.65. The second-order valence-electron chi connectivity index (χ2n) is 20.3. The van der Waals surface area contributed by atoms with Crippen LogP contribution < -0.4 is 0 Å². The maximum Gasteiger partial charge on any atom is 0.335 e. The lowest BCUT2D eigenvalue weighted by Gasteiger charge is -2.50. The van der Waals surface area contributed by atoms with Crippen LogP contribution in [0.25, 0.3) is 0 Å². The highest BCUT2D eigenvalue weighted by Crippen LogP contribution is 2.37. The minimum atomic E-state index is -2.27. The Balaban J connectivity index is 0.00000130. The van der Waals surface area contributed by atoms with Gasteiger partial charge in [0.25, 0.3) is 0 Å². The van der Waals surface area contributed by atoms with Gasteiger partial charge in [0, 0.05) is 44.8 Å². The number of hydrogen-bond donors (Lipinski definition) is 9. The van der Waals surface area contributed by atoms with Crippen LogP contribution in [0, 0.1) is 23.7 Å². The molecule has 9 N–H and O–H groups in total. The number of rotatable bonds is 16. The smallest absolute Gasteiger partial charge is 0.335 e. The van der Waals surface area contributed by atoms with Gasteiger partial charge in [-0.3, -0.25) is 9.59 Å². The summed E-state index contributed by atoms with van der Waals surface area (Å²) in [4.78, 5) is 61.1. The molecule has 0 aromatic heterocycles. The van der Waals surface area contributed by atoms with Gasteiger partial charge in [0.15, 0.2) is 36.9 Å². The maximum absolute atomic E-state index is 13.8. The number of ketones is 1. The van der Waals surface area contributed by atoms with E-state index in [2.05, 4.69) is 0 Å². The number of likely N-dealkylation sites (N-methyl/N-ethyl adjacent to an activating group) is 1. The quantitative estimate of drug-likeness (QED) is 0.0708. The summed E-state index contributed by atoms with van der Waals surface area (Å²) in [5.41, 5.74) is -0.806. The van der Waals surface area contributed by atoms with E-state index in [1.807, 2.05) is 19.9 Å². The molecule has 3 saturated heterocycles. The zero-order valence-electron chi connectivity index (χ0n) is 44.4. The van der Waals surface area contributed by atoms with E-state index in [9.17, 15) is 49.5 Å². The number of aliphatic hydroxyl groups is 7. The highest BCUT2D eigenvalue weighted by atomic mass is 16.7. The second kappa shape index (κ2) is 29.4. The van der Waals surface area contributed by atoms with Gasteiger partial charge in [0.2, 0.25) is 0 Å². The van der Waals surface area contributed by atoms with Crippen LogP contribution in [-0.4, -0.2) is 232 Å². The number of ether oxygens (including phenoxy) is 9. The molecule has 4 aliphatic rings. The van der Waals surface area contributed by atoms with Gasteiger partial charge in [-0.1, -0.05) is 38.5 Å². The zero-order valence-corrected chi connectivity index (χ0v) is 44.4. The van der Waals surface area contributed by atoms with Crippen LogP contribution in [0.5, 0.6) is 0 Å². The van der Waals surface area contributed by atoms with E-state index in [0.29, 0.717) is 12.0 Å². The summed E-state index contributed by atoms with van der Waals surface area (Å²) in [6, 6.07) is -0.748. The van der Waals surface area contributed by atoms with Crippen LogP contribution in [-0.2, 0) is 66.6 Å². The van der Waals surface area contributed by atoms with E-state index < -0.39 is 164 Å². The Labute approximate surface area is 432 Å². The Morgan fingerprint density at radius 2 is 1.43 bits per heavy atom. The van der Waals surface area contributed by atoms with E-state index in [1.165, 1.54) is 27.2 Å². The number of carbonyl (C=O) groups is 5. The average molecular weight is 1070 g/mol. The summed E-state index contributed by atoms with van der Waals surface area (Å²) in [7, 11) is 6.43. The fraction of sp³-hybridized carbons (Fsp3) is 0.820. The summed E-state index contributed by atoms with van der Waals surface area (Å²) >= 11 is 0. The van der Waals surface area contributed by atoms with Crippen LogP contribution in [0.15, 0.2) is 23.8 Å². The molecule has 426 valence electrons. The van der Waals surface area contributed by atoms with Gasteiger partial charge in [-0.2, -0.15) is 0 Å². The summed E-state index contributed by atoms with van der Waals surface area (Å²) in [6.45, 7) is 13.6. The van der Waals surface area contributed by atoms with Gasteiger partial charge in [-0.25, -0.2) is 9.59 Å². The topological polar surface area (TPSA) is 354 Å². The van der Waals surface area contributed by atoms with Crippen LogP contribution >= 0.6 is 0 Å². The minimum absolute atomic E-state index is 0.00788. The maximum atomic E-state index is 13.8. The van der Waals surface area contributed by atoms with Gasteiger partial charge in [0.05, 0.1) is 55.2 Å². The van der Waals surface area contributed by atoms with Gasteiger partial charge in [0.1, 0.15) is 49.0 Å². The molecule has 0 amide bonds. The standard InChI is InChI=1S/C46H77NO17.C4H6O6/c1-13-33-30(22-58-45-42(57-12)41(56-11)37(52)26(5)60-45)18-23(2)14-15-31(49)24(3)19-29(16-17-48)39(25(4)32(50)20-34(51)62-33)64-44-38(53)36(47(9)10)40(27(6)61-44)63-35-21-46(8,55)43(54)28(7)59-35;5-1(3(7)8)2(6)4(9)10/h14-15,17-18,24-30,32-33,35-45,50,52-55H,13,16,19-22H2,1-12H3;1-2,5-6H,(H,7,8)(H,9,10)/b15-14-,23-18-;/t24-,25+,26-,27-,28+,29+,30-,32-,33-,35+,36-,37-,38-,39-,40-,41-,42-,43+,44+,45-,46-;1-,2-/m11/s1. The predicted molar refractivity (Wildman–Crippen MR) is 258 cm³/mol. The number of hydrogen-bond acceptors (Lipinski definition) is 22. The number of nitrogens with zero attached hydrogens (tertiary/aromatic N) is 1. The molecule has 0 radical (unpaired) electrons. The monoisotopic (exact) mass is 1070 g/mol. The molecule has 4 aliphatic heterocycles. The average Bonchev–Trinajstić information content (AvgIpc) is 3.33. The van der Waals surface area contributed by atoms with Crippen molar-refractivity contribution in [3.63, 3.8) is 0 Å². The molecular formula is C50H83NO23. The number of carbonyl (C=O) groups excluding carboxylic acids is 3. The summed E-state index contributed by atoms with van der Waals surface area (Å²) in [5.74, 6) is -7.13. The van der Waals surface area contributed by atoms with E-state index in [1.54, 1.807) is 59.7 Å². The van der Waals surface area contributed by atoms with Crippen molar-refractivity contribution in [1.82, 2.24) is 4.90 Å². The Kier molecular flexibility index (Phi) is 25.7. The normalized spacial score (nSPS) is 41.9. The summed E-state index contributed by atoms with van der Waals surface area (Å²) < 4.78 is 54.7. The van der Waals surface area contributed by atoms with Crippen molar-refractivity contribution >= 4 is 30.0 Å². The fourth-order valence-corrected chi connectivity index (χ4v) is 9.78. The molecule has 24 nitrogen and oxygen atoms in total. The summed E-state index contributed by atoms with van der Waals surface area (Å²) in [6.07, 6.45) is -13.0. The van der Waals surface area contributed by atoms with Crippen molar-refractivity contribution < 1.29 is 113 Å². The van der Waals surface area contributed by atoms with Crippen LogP contribution in [0.4, 0.5) is 0 Å². The highest BCUT2D eigenvalue weighted by molar-refractivity contribution is 5.91. The number of cyclic esters (lactones) is 1. The third-order valence-electron chi connectivity index (χ3n) is 14.2. The molecule has 0 spiro atoms. The number of aliphatic hydroxyl groups excluding tert-OH is 6. The van der Waals surface area contributed by atoms with E-state index in [0.717, 1.165) is 6.29 Å². The number of aliphatic carboxylic acids is 2. The van der Waals surface area contributed by atoms with Crippen LogP contribution in [0.2, 0.25) is 0 Å². The lowest BCUT2D eigenvalue weighted by molar-refractivity contribution is -0.341. The lowest BCUT2D eigenvalue weighted by atomic mass is 9.79. The van der Waals surface area contributed by atoms with Crippen molar-refractivity contribution in [3.8, 4) is 0 Å². The fourth-order valence-electron chi connectivity index (χ4n) is 9.78. The first-order chi connectivity index (χ1) is 34.5. The molecule has 0 aromatic carbocycles. The van der Waals surface area contributed by atoms with Crippen LogP contribution in [0.3, 0.4) is 0 Å². The van der Waals surface area contributed by atoms with Gasteiger partial charge in [-0.05, 0) is 73.5 Å². The third-order valence-corrected chi connectivity index (χ3v) is 14.2. The number of esters is 1. The molecule has 3 fully saturated rings. The number of carboxylic acid groups (broad SMARTS) is 2. The molecule has 24 heteroatoms. The van der Waals surface area contributed by atoms with E-state index >= 15 is 0 Å². The Morgan fingerprint density at radius 3 is 1.96 bits per heavy atom. The number of carboxylic acids is 2. The molecule has 0 unspecified atom stereocenters. The third kappa shape index (κ3) is 17.3. The second-order valence-corrected chi connectivity index (χ2v) is 20.3. The SMILES string of the molecule is CC[C@H]1OC(=O)C[C@@H](O)[C@H](C)[C@@H](O[C@@H]2O[C@H](C)[C@@H](O[C@H]3C[C@@](C)(O)[C@@H](O)[C@H](C)O3)[C@H](N(C)C)[C@H]2O)[C@@H](CC=O)C[C@@H](C)C(=O)/C=C\C(C)=C/[C@@H]1CO[C@@H]1O[C@H](C)[C@@H](O)[C@@H](OC)[C@H]1OC.O=C(O)[C@H](O)[C@@H](O)C(=O)O. The van der Waals surface area contributed by atoms with Crippen molar-refractivity contribution in [1.29, 1.82) is 0 Å². The Hall–Kier alpha value is -3.41. The van der Waals surface area contributed by atoms with Gasteiger partial charge in [-0.15, -0.1) is 0 Å². The number of aldehydes is 1. The zero-order chi connectivity index (χ0) is 56.1. The van der Waals surface area contributed by atoms with E-state index in [-0.39, 0.29) is 31.7 Å². The molecule has 23 atom stereocenters. The Bertz CT molecular complexity index is 1850. The predicted octanol–water partition coefficient (Wildman–Crippen LogP) is -0.289. The van der Waals surface area contributed by atoms with Crippen molar-refractivity contribution in [2.24, 2.45) is 23.7 Å². The number of allylic oxidation sites excluding steroid dienone is 3. The van der Waals surface area contributed by atoms with Crippen LogP contribution in [0.1, 0.15) is 87.5 Å². The largest absolute Gasteiger partial charge is 0.479 e. The molecule has 0 bridgehead atoms. The number of methoxy groups -OCH3 is 2. The summed E-state index contributed by atoms with van der Waals surface area (Å²) in [5, 5.41) is 88.3. The van der Waals surface area contributed by atoms with Crippen molar-refractivity contribution in [2.45, 2.75) is 203 Å². The molecule has 0 aliphatic carbocycles. The molecule has 4 heterocycles. The van der Waals surface area contributed by atoms with Crippen molar-refractivity contribution in [3.05, 3.63) is 23.8 Å². The molecule has 0 saturated carbocycles. The first-order valence-corrected chi connectivity index (χ1v) is 25.0. The van der Waals surface area contributed by atoms with E-state index in [4.69, 9.17) is 63.1 Å². The highest BCUT2D eigenvalue weighted by Gasteiger charge is 2.52. The Morgan fingerprint density at radius 1 is 0.838 bits per heavy atom. The molecule has 0 aromatic rings. The van der Waals surface area contributed by atoms with Crippen molar-refractivity contribution in [2.75, 3.05) is 34.9 Å². The molecular weight excluding hydrogens is 983 g/mol. The molecule has 4 rings (SSSR count). The first kappa shape index (κ1) is 64.9.